The summed E-state index contributed by atoms with van der Waals surface area (Å²) in [4.78, 5) is 24.8. The van der Waals surface area contributed by atoms with Crippen molar-refractivity contribution in [2.24, 2.45) is 5.92 Å². The Bertz CT molecular complexity index is 912. The van der Waals surface area contributed by atoms with Crippen LogP contribution in [0.3, 0.4) is 0 Å². The summed E-state index contributed by atoms with van der Waals surface area (Å²) < 4.78 is 0. The predicted octanol–water partition coefficient (Wildman–Crippen LogP) is 3.55. The smallest absolute Gasteiger partial charge is 0.256 e. The van der Waals surface area contributed by atoms with E-state index in [-0.39, 0.29) is 5.91 Å². The molecule has 0 unspecified atom stereocenters. The topological polar surface area (TPSA) is 52.2 Å². The van der Waals surface area contributed by atoms with Gasteiger partial charge < -0.3 is 9.88 Å². The molecule has 4 rings (SSSR count). The van der Waals surface area contributed by atoms with Gasteiger partial charge in [-0.15, -0.1) is 0 Å². The third-order valence-electron chi connectivity index (χ3n) is 5.19. The second-order valence-corrected chi connectivity index (χ2v) is 7.80. The molecule has 3 aromatic rings. The highest BCUT2D eigenvalue weighted by atomic mass is 16.2. The first-order valence-corrected chi connectivity index (χ1v) is 9.60. The van der Waals surface area contributed by atoms with Crippen LogP contribution >= 0.6 is 0 Å². The van der Waals surface area contributed by atoms with Crippen LogP contribution in [-0.4, -0.2) is 51.4 Å². The average molecular weight is 362 g/mol. The van der Waals surface area contributed by atoms with Crippen molar-refractivity contribution in [2.45, 2.75) is 26.4 Å². The molecule has 1 aliphatic rings. The zero-order chi connectivity index (χ0) is 18.8. The monoisotopic (exact) mass is 362 g/mol. The fourth-order valence-corrected chi connectivity index (χ4v) is 3.81. The van der Waals surface area contributed by atoms with Gasteiger partial charge in [0.2, 0.25) is 0 Å². The van der Waals surface area contributed by atoms with Gasteiger partial charge in [0.25, 0.3) is 5.91 Å². The molecule has 0 saturated carbocycles. The highest BCUT2D eigenvalue weighted by molar-refractivity contribution is 6.07. The molecule has 0 aliphatic carbocycles. The number of para-hydroxylation sites is 1. The van der Waals surface area contributed by atoms with Crippen molar-refractivity contribution in [1.82, 2.24) is 19.8 Å². The number of nitrogens with zero attached hydrogens (tertiary/aromatic N) is 3. The fraction of sp³-hybridized carbons (Fsp3) is 0.364. The third-order valence-corrected chi connectivity index (χ3v) is 5.19. The number of aromatic amines is 1. The van der Waals surface area contributed by atoms with Crippen LogP contribution in [0.15, 0.2) is 55.0 Å². The standard InChI is InChI=1S/C22H26N4O/c1-16(2)12-25(13-17-6-5-9-23-10-17)18-14-26(15-18)22(27)20-11-24-21-8-4-3-7-19(20)21/h3-11,16,18,24H,12-15H2,1-2H3. The van der Waals surface area contributed by atoms with E-state index in [0.717, 1.165) is 42.6 Å². The Morgan fingerprint density at radius 1 is 1.26 bits per heavy atom. The number of benzene rings is 1. The number of rotatable bonds is 6. The molecule has 1 amide bonds. The average Bonchev–Trinajstić information content (AvgIpc) is 3.05. The number of carbonyl (C=O) groups is 1. The molecule has 1 N–H and O–H groups in total. The Morgan fingerprint density at radius 2 is 2.07 bits per heavy atom. The summed E-state index contributed by atoms with van der Waals surface area (Å²) in [6.07, 6.45) is 5.57. The van der Waals surface area contributed by atoms with E-state index in [1.165, 1.54) is 5.56 Å². The minimum atomic E-state index is 0.120. The molecule has 1 aromatic carbocycles. The zero-order valence-electron chi connectivity index (χ0n) is 15.9. The number of fused-ring (bicyclic) bond motifs is 1. The maximum absolute atomic E-state index is 12.9. The highest BCUT2D eigenvalue weighted by Crippen LogP contribution is 2.24. The molecule has 0 bridgehead atoms. The Morgan fingerprint density at radius 3 is 2.81 bits per heavy atom. The SMILES string of the molecule is CC(C)CN(Cc1cccnc1)C1CN(C(=O)c2c[nH]c3ccccc23)C1. The van der Waals surface area contributed by atoms with E-state index in [4.69, 9.17) is 0 Å². The molecule has 0 spiro atoms. The van der Waals surface area contributed by atoms with Gasteiger partial charge >= 0.3 is 0 Å². The van der Waals surface area contributed by atoms with Gasteiger partial charge in [-0.25, -0.2) is 0 Å². The van der Waals surface area contributed by atoms with Crippen molar-refractivity contribution >= 4 is 16.8 Å². The summed E-state index contributed by atoms with van der Waals surface area (Å²) in [5.74, 6) is 0.703. The van der Waals surface area contributed by atoms with E-state index in [1.54, 1.807) is 6.20 Å². The van der Waals surface area contributed by atoms with Crippen molar-refractivity contribution in [2.75, 3.05) is 19.6 Å². The number of likely N-dealkylation sites (tertiary alicyclic amines) is 1. The number of H-pyrrole nitrogens is 1. The number of nitrogens with one attached hydrogen (secondary N) is 1. The molecule has 5 heteroatoms. The second-order valence-electron chi connectivity index (χ2n) is 7.80. The lowest BCUT2D eigenvalue weighted by atomic mass is 10.0. The molecule has 1 fully saturated rings. The van der Waals surface area contributed by atoms with Crippen LogP contribution in [0.2, 0.25) is 0 Å². The summed E-state index contributed by atoms with van der Waals surface area (Å²) in [5, 5.41) is 1.00. The maximum atomic E-state index is 12.9. The molecular formula is C22H26N4O. The summed E-state index contributed by atoms with van der Waals surface area (Å²) in [6.45, 7) is 7.95. The number of pyridine rings is 1. The maximum Gasteiger partial charge on any atom is 0.256 e. The van der Waals surface area contributed by atoms with Crippen LogP contribution in [0.4, 0.5) is 0 Å². The van der Waals surface area contributed by atoms with Gasteiger partial charge in [-0.05, 0) is 23.6 Å². The second kappa shape index (κ2) is 7.53. The van der Waals surface area contributed by atoms with Gasteiger partial charge in [0.05, 0.1) is 5.56 Å². The van der Waals surface area contributed by atoms with Gasteiger partial charge in [0.1, 0.15) is 0 Å². The quantitative estimate of drug-likeness (QED) is 0.730. The first-order valence-electron chi connectivity index (χ1n) is 9.60. The minimum Gasteiger partial charge on any atom is -0.360 e. The first-order chi connectivity index (χ1) is 13.1. The summed E-state index contributed by atoms with van der Waals surface area (Å²) in [5.41, 5.74) is 3.00. The lowest BCUT2D eigenvalue weighted by molar-refractivity contribution is 0.0199. The predicted molar refractivity (Wildman–Crippen MR) is 107 cm³/mol. The van der Waals surface area contributed by atoms with E-state index in [2.05, 4.69) is 34.8 Å². The van der Waals surface area contributed by atoms with Gasteiger partial charge in [-0.2, -0.15) is 0 Å². The lowest BCUT2D eigenvalue weighted by Gasteiger charge is -2.46. The van der Waals surface area contributed by atoms with Gasteiger partial charge in [-0.3, -0.25) is 14.7 Å². The normalized spacial score (nSPS) is 14.9. The molecule has 1 saturated heterocycles. The van der Waals surface area contributed by atoms with Gasteiger partial charge in [-0.1, -0.05) is 38.1 Å². The lowest BCUT2D eigenvalue weighted by Crippen LogP contribution is -2.61. The van der Waals surface area contributed by atoms with Crippen molar-refractivity contribution in [3.8, 4) is 0 Å². The van der Waals surface area contributed by atoms with Crippen LogP contribution in [0.5, 0.6) is 0 Å². The van der Waals surface area contributed by atoms with Crippen molar-refractivity contribution < 1.29 is 4.79 Å². The van der Waals surface area contributed by atoms with E-state index in [9.17, 15) is 4.79 Å². The Hall–Kier alpha value is -2.66. The van der Waals surface area contributed by atoms with Crippen molar-refractivity contribution in [3.05, 3.63) is 66.1 Å². The molecule has 1 aliphatic heterocycles. The highest BCUT2D eigenvalue weighted by Gasteiger charge is 2.36. The van der Waals surface area contributed by atoms with Crippen LogP contribution in [0.25, 0.3) is 10.9 Å². The summed E-state index contributed by atoms with van der Waals surface area (Å²) >= 11 is 0. The number of aromatic nitrogens is 2. The largest absolute Gasteiger partial charge is 0.360 e. The first kappa shape index (κ1) is 17.7. The molecule has 3 heterocycles. The molecule has 0 atom stereocenters. The Labute approximate surface area is 160 Å². The minimum absolute atomic E-state index is 0.120. The zero-order valence-corrected chi connectivity index (χ0v) is 15.9. The third kappa shape index (κ3) is 3.74. The Kier molecular flexibility index (Phi) is 4.94. The van der Waals surface area contributed by atoms with Crippen molar-refractivity contribution in [3.63, 3.8) is 0 Å². The van der Waals surface area contributed by atoms with Crippen LogP contribution in [0.1, 0.15) is 29.8 Å². The number of hydrogen-bond acceptors (Lipinski definition) is 3. The van der Waals surface area contributed by atoms with E-state index in [1.807, 2.05) is 47.6 Å². The van der Waals surface area contributed by atoms with Crippen molar-refractivity contribution in [1.29, 1.82) is 0 Å². The Balaban J connectivity index is 1.43. The summed E-state index contributed by atoms with van der Waals surface area (Å²) in [7, 11) is 0. The molecule has 27 heavy (non-hydrogen) atoms. The number of amides is 1. The van der Waals surface area contributed by atoms with Crippen LogP contribution < -0.4 is 0 Å². The summed E-state index contributed by atoms with van der Waals surface area (Å²) in [6, 6.07) is 12.5. The van der Waals surface area contributed by atoms with Crippen LogP contribution in [-0.2, 0) is 6.54 Å². The number of carbonyl (C=O) groups excluding carboxylic acids is 1. The molecule has 140 valence electrons. The number of hydrogen-bond donors (Lipinski definition) is 1. The van der Waals surface area contributed by atoms with Gasteiger partial charge in [0.15, 0.2) is 0 Å². The van der Waals surface area contributed by atoms with Gasteiger partial charge in [0, 0.05) is 61.7 Å². The molecule has 0 radical (unpaired) electrons. The molecular weight excluding hydrogens is 336 g/mol. The van der Waals surface area contributed by atoms with E-state index in [0.29, 0.717) is 12.0 Å². The molecule has 2 aromatic heterocycles. The van der Waals surface area contributed by atoms with E-state index >= 15 is 0 Å². The van der Waals surface area contributed by atoms with Crippen LogP contribution in [0, 0.1) is 5.92 Å². The fourth-order valence-electron chi connectivity index (χ4n) is 3.81. The molecule has 5 nitrogen and oxygen atoms in total. The van der Waals surface area contributed by atoms with E-state index < -0.39 is 0 Å².